The largest absolute Gasteiger partial charge is 0.325 e. The van der Waals surface area contributed by atoms with E-state index in [1.54, 1.807) is 12.3 Å². The van der Waals surface area contributed by atoms with Crippen molar-refractivity contribution in [3.63, 3.8) is 0 Å². The number of rotatable bonds is 3. The van der Waals surface area contributed by atoms with Crippen LogP contribution < -0.4 is 5.32 Å². The van der Waals surface area contributed by atoms with Gasteiger partial charge in [0.15, 0.2) is 0 Å². The zero-order valence-corrected chi connectivity index (χ0v) is 13.4. The van der Waals surface area contributed by atoms with Crippen molar-refractivity contribution in [3.05, 3.63) is 21.9 Å². The number of aromatic nitrogens is 1. The number of pyridine rings is 1. The van der Waals surface area contributed by atoms with E-state index in [9.17, 15) is 4.79 Å². The van der Waals surface area contributed by atoms with Crippen molar-refractivity contribution in [2.45, 2.75) is 34.1 Å². The summed E-state index contributed by atoms with van der Waals surface area (Å²) in [6.45, 7) is 8.47. The van der Waals surface area contributed by atoms with E-state index in [0.29, 0.717) is 27.7 Å². The Hall–Kier alpha value is -0.610. The summed E-state index contributed by atoms with van der Waals surface area (Å²) in [6, 6.07) is 1.75. The van der Waals surface area contributed by atoms with Crippen LogP contribution in [0.2, 0.25) is 5.15 Å². The number of nitrogens with zero attached hydrogens (tertiary/aromatic N) is 1. The Bertz CT molecular complexity index is 443. The van der Waals surface area contributed by atoms with Crippen LogP contribution in [0.15, 0.2) is 16.7 Å². The number of carbonyl (C=O) groups is 1. The Morgan fingerprint density at radius 2 is 2.17 bits per heavy atom. The van der Waals surface area contributed by atoms with Crippen molar-refractivity contribution in [3.8, 4) is 0 Å². The van der Waals surface area contributed by atoms with Gasteiger partial charge in [-0.05, 0) is 33.3 Å². The monoisotopic (exact) mass is 332 g/mol. The summed E-state index contributed by atoms with van der Waals surface area (Å²) in [4.78, 5) is 15.8. The quantitative estimate of drug-likeness (QED) is 0.827. The molecular formula is C13H18BrClN2O. The molecule has 1 amide bonds. The zero-order chi connectivity index (χ0) is 13.9. The second kappa shape index (κ2) is 6.02. The van der Waals surface area contributed by atoms with Crippen LogP contribution >= 0.6 is 27.5 Å². The molecule has 1 heterocycles. The Balaban J connectivity index is 2.62. The Morgan fingerprint density at radius 1 is 1.56 bits per heavy atom. The van der Waals surface area contributed by atoms with Gasteiger partial charge in [-0.2, -0.15) is 0 Å². The van der Waals surface area contributed by atoms with E-state index in [0.717, 1.165) is 0 Å². The van der Waals surface area contributed by atoms with Crippen LogP contribution in [0.3, 0.4) is 0 Å². The highest BCUT2D eigenvalue weighted by Crippen LogP contribution is 2.28. The number of anilines is 1. The van der Waals surface area contributed by atoms with Crippen molar-refractivity contribution >= 4 is 39.1 Å². The predicted octanol–water partition coefficient (Wildman–Crippen LogP) is 4.51. The molecule has 0 saturated carbocycles. The first-order valence-corrected chi connectivity index (χ1v) is 6.98. The second-order valence-corrected chi connectivity index (χ2v) is 6.73. The second-order valence-electron chi connectivity index (χ2n) is 5.52. The maximum Gasteiger partial charge on any atom is 0.224 e. The molecule has 0 fully saturated rings. The van der Waals surface area contributed by atoms with Crippen LogP contribution in [-0.2, 0) is 4.79 Å². The molecule has 0 saturated heterocycles. The van der Waals surface area contributed by atoms with E-state index < -0.39 is 0 Å². The number of halogens is 2. The molecule has 1 aromatic rings. The third-order valence-corrected chi connectivity index (χ3v) is 4.18. The van der Waals surface area contributed by atoms with Gasteiger partial charge in [0.05, 0.1) is 16.4 Å². The molecule has 1 unspecified atom stereocenters. The highest BCUT2D eigenvalue weighted by molar-refractivity contribution is 9.10. The molecular weight excluding hydrogens is 316 g/mol. The Kier molecular flexibility index (Phi) is 5.17. The Morgan fingerprint density at radius 3 is 2.67 bits per heavy atom. The van der Waals surface area contributed by atoms with Gasteiger partial charge in [-0.25, -0.2) is 4.98 Å². The van der Waals surface area contributed by atoms with Gasteiger partial charge in [0.2, 0.25) is 5.91 Å². The van der Waals surface area contributed by atoms with Crippen molar-refractivity contribution < 1.29 is 4.79 Å². The molecule has 1 aromatic heterocycles. The first-order valence-electron chi connectivity index (χ1n) is 5.81. The number of hydrogen-bond donors (Lipinski definition) is 1. The van der Waals surface area contributed by atoms with Gasteiger partial charge in [-0.1, -0.05) is 39.3 Å². The van der Waals surface area contributed by atoms with Crippen LogP contribution in [0.1, 0.15) is 34.1 Å². The zero-order valence-electron chi connectivity index (χ0n) is 11.1. The smallest absolute Gasteiger partial charge is 0.224 e. The van der Waals surface area contributed by atoms with E-state index in [4.69, 9.17) is 11.6 Å². The molecule has 0 aliphatic rings. The molecule has 1 rings (SSSR count). The third kappa shape index (κ3) is 4.58. The lowest BCUT2D eigenvalue weighted by Gasteiger charge is -2.26. The number of amides is 1. The first kappa shape index (κ1) is 15.4. The minimum atomic E-state index is -0.00607. The maximum absolute atomic E-state index is 11.9. The summed E-state index contributed by atoms with van der Waals surface area (Å²) < 4.78 is 0.672. The highest BCUT2D eigenvalue weighted by Gasteiger charge is 2.22. The Labute approximate surface area is 121 Å². The van der Waals surface area contributed by atoms with E-state index >= 15 is 0 Å². The molecule has 3 nitrogen and oxygen atoms in total. The number of carbonyl (C=O) groups excluding carboxylic acids is 1. The van der Waals surface area contributed by atoms with Crippen LogP contribution in [-0.4, -0.2) is 10.9 Å². The summed E-state index contributed by atoms with van der Waals surface area (Å²) in [5.74, 6) is 0.301. The fraction of sp³-hybridized carbons (Fsp3) is 0.538. The van der Waals surface area contributed by atoms with Crippen LogP contribution in [0, 0.1) is 11.3 Å². The maximum atomic E-state index is 11.9. The standard InChI is InChI=1S/C13H18BrClN2O/c1-8(13(2,3)4)5-11(18)17-9-6-10(14)12(15)16-7-9/h6-8H,5H2,1-4H3,(H,17,18). The fourth-order valence-electron chi connectivity index (χ4n) is 1.29. The predicted molar refractivity (Wildman–Crippen MR) is 78.8 cm³/mol. The van der Waals surface area contributed by atoms with E-state index in [2.05, 4.69) is 53.9 Å². The van der Waals surface area contributed by atoms with Crippen LogP contribution in [0.25, 0.3) is 0 Å². The summed E-state index contributed by atoms with van der Waals surface area (Å²) in [7, 11) is 0. The van der Waals surface area contributed by atoms with Gasteiger partial charge < -0.3 is 5.32 Å². The van der Waals surface area contributed by atoms with E-state index in [1.165, 1.54) is 0 Å². The average molecular weight is 334 g/mol. The van der Waals surface area contributed by atoms with Gasteiger partial charge in [0, 0.05) is 6.42 Å². The number of hydrogen-bond acceptors (Lipinski definition) is 2. The van der Waals surface area contributed by atoms with Gasteiger partial charge in [0.1, 0.15) is 5.15 Å². The molecule has 0 aromatic carbocycles. The van der Waals surface area contributed by atoms with Gasteiger partial charge >= 0.3 is 0 Å². The summed E-state index contributed by atoms with van der Waals surface area (Å²) in [5, 5.41) is 3.21. The molecule has 0 aliphatic carbocycles. The van der Waals surface area contributed by atoms with Crippen molar-refractivity contribution in [1.82, 2.24) is 4.98 Å². The summed E-state index contributed by atoms with van der Waals surface area (Å²) in [5.41, 5.74) is 0.772. The molecule has 18 heavy (non-hydrogen) atoms. The topological polar surface area (TPSA) is 42.0 Å². The first-order chi connectivity index (χ1) is 8.20. The van der Waals surface area contributed by atoms with Crippen LogP contribution in [0.4, 0.5) is 5.69 Å². The van der Waals surface area contributed by atoms with Crippen molar-refractivity contribution in [2.75, 3.05) is 5.32 Å². The summed E-state index contributed by atoms with van der Waals surface area (Å²) >= 11 is 9.06. The van der Waals surface area contributed by atoms with Crippen molar-refractivity contribution in [2.24, 2.45) is 11.3 Å². The lowest BCUT2D eigenvalue weighted by molar-refractivity contribution is -0.117. The minimum Gasteiger partial charge on any atom is -0.325 e. The normalized spacial score (nSPS) is 13.2. The van der Waals surface area contributed by atoms with Gasteiger partial charge in [0.25, 0.3) is 0 Å². The SMILES string of the molecule is CC(CC(=O)Nc1cnc(Cl)c(Br)c1)C(C)(C)C. The van der Waals surface area contributed by atoms with Crippen molar-refractivity contribution in [1.29, 1.82) is 0 Å². The van der Waals surface area contributed by atoms with Gasteiger partial charge in [-0.15, -0.1) is 0 Å². The molecule has 0 radical (unpaired) electrons. The summed E-state index contributed by atoms with van der Waals surface area (Å²) in [6.07, 6.45) is 2.04. The molecule has 0 aliphatic heterocycles. The van der Waals surface area contributed by atoms with Gasteiger partial charge in [-0.3, -0.25) is 4.79 Å². The molecule has 0 bridgehead atoms. The third-order valence-electron chi connectivity index (χ3n) is 3.05. The molecule has 1 N–H and O–H groups in total. The van der Waals surface area contributed by atoms with E-state index in [-0.39, 0.29) is 11.3 Å². The lowest BCUT2D eigenvalue weighted by Crippen LogP contribution is -2.23. The number of nitrogens with one attached hydrogen (secondary N) is 1. The molecule has 1 atom stereocenters. The van der Waals surface area contributed by atoms with E-state index in [1.807, 2.05) is 0 Å². The molecule has 100 valence electrons. The molecule has 0 spiro atoms. The van der Waals surface area contributed by atoms with Crippen LogP contribution in [0.5, 0.6) is 0 Å². The lowest BCUT2D eigenvalue weighted by atomic mass is 9.80. The molecule has 5 heteroatoms. The highest BCUT2D eigenvalue weighted by atomic mass is 79.9. The minimum absolute atomic E-state index is 0.00607. The fourth-order valence-corrected chi connectivity index (χ4v) is 1.74. The average Bonchev–Trinajstić information content (AvgIpc) is 2.22.